The van der Waals surface area contributed by atoms with Gasteiger partial charge in [0.05, 0.1) is 21.6 Å². The molecular formula is C24H25N3O5S2. The van der Waals surface area contributed by atoms with E-state index in [1.807, 2.05) is 30.3 Å². The van der Waals surface area contributed by atoms with E-state index in [4.69, 9.17) is 4.74 Å². The molecule has 0 bridgehead atoms. The Labute approximate surface area is 202 Å². The zero-order chi connectivity index (χ0) is 24.3. The fraction of sp³-hybridized carbons (Fsp3) is 0.292. The largest absolute Gasteiger partial charge is 0.377 e. The van der Waals surface area contributed by atoms with Crippen molar-refractivity contribution in [1.29, 1.82) is 0 Å². The Morgan fingerprint density at radius 1 is 1.15 bits per heavy atom. The molecule has 1 amide bonds. The first-order valence-corrected chi connectivity index (χ1v) is 13.1. The minimum absolute atomic E-state index is 0.0937. The topological polar surface area (TPSA) is 106 Å². The van der Waals surface area contributed by atoms with Gasteiger partial charge in [0.25, 0.3) is 5.91 Å². The third kappa shape index (κ3) is 5.25. The summed E-state index contributed by atoms with van der Waals surface area (Å²) in [5.41, 5.74) is 1.58. The Bertz CT molecular complexity index is 1280. The van der Waals surface area contributed by atoms with Crippen molar-refractivity contribution in [3.05, 3.63) is 65.0 Å². The van der Waals surface area contributed by atoms with Crippen LogP contribution in [0.15, 0.2) is 59.5 Å². The lowest BCUT2D eigenvalue weighted by atomic mass is 10.1. The standard InChI is InChI=1S/C24H25N3O5S2/c1-16(28)22-21(17-7-4-3-5-8-17)25-24(33-22)26-23(29)18-10-12-20(13-11-18)34(30,31)27(2)15-19-9-6-14-32-19/h3-5,7-8,10-13,19H,6,9,14-15H2,1-2H3,(H,25,26,29)/t19-/m1/s1. The van der Waals surface area contributed by atoms with Crippen LogP contribution in [0.4, 0.5) is 5.13 Å². The smallest absolute Gasteiger partial charge is 0.257 e. The Morgan fingerprint density at radius 3 is 2.47 bits per heavy atom. The second kappa shape index (κ2) is 10.1. The van der Waals surface area contributed by atoms with Gasteiger partial charge < -0.3 is 4.74 Å². The number of ether oxygens (including phenoxy) is 1. The Hall–Kier alpha value is -2.92. The van der Waals surface area contributed by atoms with Crippen molar-refractivity contribution in [3.63, 3.8) is 0 Å². The average molecular weight is 500 g/mol. The molecule has 10 heteroatoms. The van der Waals surface area contributed by atoms with Gasteiger partial charge in [0.1, 0.15) is 0 Å². The maximum absolute atomic E-state index is 12.9. The van der Waals surface area contributed by atoms with Crippen molar-refractivity contribution in [3.8, 4) is 11.3 Å². The van der Waals surface area contributed by atoms with Crippen LogP contribution in [0.1, 0.15) is 39.8 Å². The minimum Gasteiger partial charge on any atom is -0.377 e. The number of sulfonamides is 1. The lowest BCUT2D eigenvalue weighted by Gasteiger charge is -2.20. The fourth-order valence-corrected chi connectivity index (χ4v) is 5.78. The maximum Gasteiger partial charge on any atom is 0.257 e. The van der Waals surface area contributed by atoms with E-state index in [-0.39, 0.29) is 28.9 Å². The van der Waals surface area contributed by atoms with Gasteiger partial charge in [0.2, 0.25) is 10.0 Å². The third-order valence-electron chi connectivity index (χ3n) is 5.52. The molecule has 34 heavy (non-hydrogen) atoms. The molecular weight excluding hydrogens is 474 g/mol. The number of benzene rings is 2. The molecule has 0 saturated carbocycles. The molecule has 1 aliphatic heterocycles. The number of carbonyl (C=O) groups is 2. The van der Waals surface area contributed by atoms with Gasteiger partial charge in [-0.15, -0.1) is 0 Å². The number of Topliss-reactive ketones (excluding diaryl/α,β-unsaturated/α-hetero) is 1. The van der Waals surface area contributed by atoms with Crippen LogP contribution in [0, 0.1) is 0 Å². The summed E-state index contributed by atoms with van der Waals surface area (Å²) in [5.74, 6) is -0.585. The van der Waals surface area contributed by atoms with E-state index in [9.17, 15) is 18.0 Å². The molecule has 0 radical (unpaired) electrons. The molecule has 1 aromatic heterocycles. The van der Waals surface area contributed by atoms with E-state index in [2.05, 4.69) is 10.3 Å². The lowest BCUT2D eigenvalue weighted by molar-refractivity contribution is 0.0978. The number of likely N-dealkylation sites (N-methyl/N-ethyl adjacent to an activating group) is 1. The van der Waals surface area contributed by atoms with Crippen LogP contribution in [0.2, 0.25) is 0 Å². The van der Waals surface area contributed by atoms with Gasteiger partial charge in [-0.05, 0) is 37.1 Å². The number of nitrogens with one attached hydrogen (secondary N) is 1. The molecule has 0 spiro atoms. The van der Waals surface area contributed by atoms with Crippen LogP contribution < -0.4 is 5.32 Å². The van der Waals surface area contributed by atoms with E-state index in [0.29, 0.717) is 22.3 Å². The van der Waals surface area contributed by atoms with Crippen molar-refractivity contribution < 1.29 is 22.7 Å². The summed E-state index contributed by atoms with van der Waals surface area (Å²) >= 11 is 1.10. The first-order valence-electron chi connectivity index (χ1n) is 10.8. The molecule has 0 unspecified atom stereocenters. The number of thiazole rings is 1. The third-order valence-corrected chi connectivity index (χ3v) is 8.43. The summed E-state index contributed by atoms with van der Waals surface area (Å²) in [4.78, 5) is 29.9. The van der Waals surface area contributed by atoms with E-state index in [1.54, 1.807) is 0 Å². The van der Waals surface area contributed by atoms with Gasteiger partial charge in [-0.25, -0.2) is 13.4 Å². The van der Waals surface area contributed by atoms with Gasteiger partial charge in [0, 0.05) is 38.2 Å². The molecule has 2 aromatic carbocycles. The highest BCUT2D eigenvalue weighted by Crippen LogP contribution is 2.31. The van der Waals surface area contributed by atoms with Crippen molar-refractivity contribution in [2.75, 3.05) is 25.5 Å². The maximum atomic E-state index is 12.9. The average Bonchev–Trinajstić information content (AvgIpc) is 3.50. The monoisotopic (exact) mass is 499 g/mol. The van der Waals surface area contributed by atoms with Crippen molar-refractivity contribution in [2.24, 2.45) is 0 Å². The highest BCUT2D eigenvalue weighted by atomic mass is 32.2. The van der Waals surface area contributed by atoms with E-state index in [0.717, 1.165) is 29.7 Å². The van der Waals surface area contributed by atoms with Crippen LogP contribution in [-0.4, -0.2) is 55.7 Å². The zero-order valence-corrected chi connectivity index (χ0v) is 20.5. The molecule has 2 heterocycles. The summed E-state index contributed by atoms with van der Waals surface area (Å²) in [6.45, 7) is 2.40. The molecule has 1 N–H and O–H groups in total. The molecule has 0 aliphatic carbocycles. The predicted octanol–water partition coefficient (Wildman–Crippen LogP) is 4.06. The molecule has 1 aliphatic rings. The van der Waals surface area contributed by atoms with Crippen molar-refractivity contribution in [2.45, 2.75) is 30.8 Å². The summed E-state index contributed by atoms with van der Waals surface area (Å²) in [6.07, 6.45) is 1.68. The zero-order valence-electron chi connectivity index (χ0n) is 18.9. The minimum atomic E-state index is -3.70. The number of anilines is 1. The summed E-state index contributed by atoms with van der Waals surface area (Å²) in [5, 5.41) is 3.01. The quantitative estimate of drug-likeness (QED) is 0.469. The first kappa shape index (κ1) is 24.2. The lowest BCUT2D eigenvalue weighted by Crippen LogP contribution is -2.34. The van der Waals surface area contributed by atoms with Crippen LogP contribution in [-0.2, 0) is 14.8 Å². The molecule has 1 atom stereocenters. The van der Waals surface area contributed by atoms with Gasteiger partial charge in [-0.3, -0.25) is 14.9 Å². The van der Waals surface area contributed by atoms with Crippen molar-refractivity contribution in [1.82, 2.24) is 9.29 Å². The number of ketones is 1. The van der Waals surface area contributed by atoms with E-state index in [1.165, 1.54) is 42.5 Å². The molecule has 1 saturated heterocycles. The van der Waals surface area contributed by atoms with E-state index >= 15 is 0 Å². The predicted molar refractivity (Wildman–Crippen MR) is 131 cm³/mol. The molecule has 178 valence electrons. The van der Waals surface area contributed by atoms with Gasteiger partial charge >= 0.3 is 0 Å². The Kier molecular flexibility index (Phi) is 7.22. The summed E-state index contributed by atoms with van der Waals surface area (Å²) in [6, 6.07) is 15.0. The highest BCUT2D eigenvalue weighted by molar-refractivity contribution is 7.89. The normalized spacial score (nSPS) is 16.0. The van der Waals surface area contributed by atoms with Crippen LogP contribution in [0.5, 0.6) is 0 Å². The molecule has 3 aromatic rings. The number of amides is 1. The van der Waals surface area contributed by atoms with Crippen molar-refractivity contribution >= 4 is 38.2 Å². The number of hydrogen-bond donors (Lipinski definition) is 1. The molecule has 1 fully saturated rings. The summed E-state index contributed by atoms with van der Waals surface area (Å²) < 4.78 is 32.5. The van der Waals surface area contributed by atoms with Crippen LogP contribution in [0.3, 0.4) is 0 Å². The van der Waals surface area contributed by atoms with Gasteiger partial charge in [-0.1, -0.05) is 41.7 Å². The Morgan fingerprint density at radius 2 is 1.85 bits per heavy atom. The summed E-state index contributed by atoms with van der Waals surface area (Å²) in [7, 11) is -2.17. The number of aromatic nitrogens is 1. The number of hydrogen-bond acceptors (Lipinski definition) is 7. The second-order valence-corrected chi connectivity index (χ2v) is 11.1. The second-order valence-electron chi connectivity index (χ2n) is 8.02. The van der Waals surface area contributed by atoms with E-state index < -0.39 is 15.9 Å². The number of carbonyl (C=O) groups excluding carboxylic acids is 2. The molecule has 4 rings (SSSR count). The highest BCUT2D eigenvalue weighted by Gasteiger charge is 2.26. The van der Waals surface area contributed by atoms with Crippen LogP contribution >= 0.6 is 11.3 Å². The Balaban J connectivity index is 1.48. The number of nitrogens with zero attached hydrogens (tertiary/aromatic N) is 2. The van der Waals surface area contributed by atoms with Gasteiger partial charge in [-0.2, -0.15) is 4.31 Å². The SMILES string of the molecule is CC(=O)c1sc(NC(=O)c2ccc(S(=O)(=O)N(C)C[C@H]3CCCO3)cc2)nc1-c1ccccc1. The fourth-order valence-electron chi connectivity index (χ4n) is 3.70. The molecule has 8 nitrogen and oxygen atoms in total. The number of rotatable bonds is 8. The first-order chi connectivity index (χ1) is 16.3. The van der Waals surface area contributed by atoms with Crippen LogP contribution in [0.25, 0.3) is 11.3 Å². The van der Waals surface area contributed by atoms with Gasteiger partial charge in [0.15, 0.2) is 10.9 Å².